The van der Waals surface area contributed by atoms with Crippen LogP contribution >= 0.6 is 0 Å². The second-order valence-electron chi connectivity index (χ2n) is 4.54. The molecule has 106 valence electrons. The van der Waals surface area contributed by atoms with Gasteiger partial charge >= 0.3 is 5.97 Å². The first kappa shape index (κ1) is 13.2. The Morgan fingerprint density at radius 1 is 1.29 bits per heavy atom. The smallest absolute Gasteiger partial charge is 0.356 e. The molecular formula is C15H12FN3O2. The molecule has 0 aliphatic rings. The minimum Gasteiger partial charge on any atom is -0.476 e. The van der Waals surface area contributed by atoms with Crippen LogP contribution < -0.4 is 0 Å². The highest BCUT2D eigenvalue weighted by atomic mass is 19.1. The van der Waals surface area contributed by atoms with Crippen LogP contribution in [-0.2, 0) is 6.42 Å². The minimum atomic E-state index is -1.19. The number of hydrogen-bond donors (Lipinski definition) is 1. The monoisotopic (exact) mass is 285 g/mol. The number of hydrogen-bond acceptors (Lipinski definition) is 3. The summed E-state index contributed by atoms with van der Waals surface area (Å²) in [5, 5.41) is 13.7. The topological polar surface area (TPSA) is 67.5 Å². The number of halogens is 1. The molecule has 0 saturated heterocycles. The van der Waals surface area contributed by atoms with Crippen molar-refractivity contribution in [1.82, 2.24) is 14.6 Å². The molecule has 0 aliphatic carbocycles. The molecule has 0 bridgehead atoms. The molecule has 3 rings (SSSR count). The Labute approximate surface area is 119 Å². The van der Waals surface area contributed by atoms with Gasteiger partial charge in [0, 0.05) is 5.56 Å². The predicted octanol–water partition coefficient (Wildman–Crippen LogP) is 2.80. The van der Waals surface area contributed by atoms with Crippen LogP contribution in [0, 0.1) is 5.82 Å². The summed E-state index contributed by atoms with van der Waals surface area (Å²) in [4.78, 5) is 15.8. The van der Waals surface area contributed by atoms with E-state index in [1.54, 1.807) is 24.3 Å². The van der Waals surface area contributed by atoms with Crippen molar-refractivity contribution in [1.29, 1.82) is 0 Å². The lowest BCUT2D eigenvalue weighted by Gasteiger charge is -2.02. The van der Waals surface area contributed by atoms with Crippen molar-refractivity contribution in [2.45, 2.75) is 13.3 Å². The fourth-order valence-electron chi connectivity index (χ4n) is 2.19. The number of aromatic nitrogens is 3. The molecule has 0 aliphatic heterocycles. The summed E-state index contributed by atoms with van der Waals surface area (Å²) in [5.74, 6) is -1.71. The zero-order chi connectivity index (χ0) is 15.0. The summed E-state index contributed by atoms with van der Waals surface area (Å²) in [6.45, 7) is 1.92. The van der Waals surface area contributed by atoms with E-state index in [-0.39, 0.29) is 17.0 Å². The largest absolute Gasteiger partial charge is 0.476 e. The number of nitrogens with zero attached hydrogens (tertiary/aromatic N) is 3. The molecule has 5 nitrogen and oxygen atoms in total. The second kappa shape index (κ2) is 4.97. The first-order valence-electron chi connectivity index (χ1n) is 6.48. The van der Waals surface area contributed by atoms with Crippen LogP contribution in [0.15, 0.2) is 36.4 Å². The number of aromatic carboxylic acids is 1. The van der Waals surface area contributed by atoms with Crippen molar-refractivity contribution in [3.8, 4) is 11.3 Å². The SMILES string of the molecule is CCc1ccc2nc(-c3ccccc3F)c(C(=O)O)n2n1. The highest BCUT2D eigenvalue weighted by Crippen LogP contribution is 2.26. The van der Waals surface area contributed by atoms with Crippen molar-refractivity contribution in [2.75, 3.05) is 0 Å². The van der Waals surface area contributed by atoms with Crippen LogP contribution in [0.4, 0.5) is 4.39 Å². The number of rotatable bonds is 3. The summed E-state index contributed by atoms with van der Waals surface area (Å²) < 4.78 is 15.2. The third-order valence-corrected chi connectivity index (χ3v) is 3.23. The Bertz CT molecular complexity index is 842. The number of fused-ring (bicyclic) bond motifs is 1. The standard InChI is InChI=1S/C15H12FN3O2/c1-2-9-7-8-12-17-13(10-5-3-4-6-11(10)16)14(15(20)21)19(12)18-9/h3-8H,2H2,1H3,(H,20,21). The maximum Gasteiger partial charge on any atom is 0.356 e. The Morgan fingerprint density at radius 3 is 2.71 bits per heavy atom. The van der Waals surface area contributed by atoms with E-state index < -0.39 is 11.8 Å². The van der Waals surface area contributed by atoms with E-state index in [0.29, 0.717) is 12.1 Å². The van der Waals surface area contributed by atoms with Gasteiger partial charge in [0.05, 0.1) is 5.69 Å². The van der Waals surface area contributed by atoms with Gasteiger partial charge in [-0.3, -0.25) is 0 Å². The summed E-state index contributed by atoms with van der Waals surface area (Å²) in [5.41, 5.74) is 1.22. The van der Waals surface area contributed by atoms with Crippen molar-refractivity contribution in [3.63, 3.8) is 0 Å². The van der Waals surface area contributed by atoms with Gasteiger partial charge in [-0.2, -0.15) is 5.10 Å². The van der Waals surface area contributed by atoms with Crippen LogP contribution in [0.1, 0.15) is 23.1 Å². The lowest BCUT2D eigenvalue weighted by atomic mass is 10.1. The number of imidazole rings is 1. The average Bonchev–Trinajstić information content (AvgIpc) is 2.85. The van der Waals surface area contributed by atoms with Crippen molar-refractivity contribution < 1.29 is 14.3 Å². The molecule has 0 amide bonds. The lowest BCUT2D eigenvalue weighted by Crippen LogP contribution is -2.07. The first-order valence-corrected chi connectivity index (χ1v) is 6.48. The number of carbonyl (C=O) groups is 1. The van der Waals surface area contributed by atoms with Gasteiger partial charge < -0.3 is 5.11 Å². The molecule has 1 N–H and O–H groups in total. The lowest BCUT2D eigenvalue weighted by molar-refractivity contribution is 0.0689. The van der Waals surface area contributed by atoms with Gasteiger partial charge in [0.2, 0.25) is 0 Å². The Hall–Kier alpha value is -2.76. The molecule has 0 fully saturated rings. The normalized spacial score (nSPS) is 11.0. The van der Waals surface area contributed by atoms with Gasteiger partial charge in [-0.25, -0.2) is 18.7 Å². The molecule has 0 spiro atoms. The highest BCUT2D eigenvalue weighted by Gasteiger charge is 2.22. The molecule has 2 aromatic heterocycles. The quantitative estimate of drug-likeness (QED) is 0.803. The van der Waals surface area contributed by atoms with Gasteiger partial charge in [0.25, 0.3) is 0 Å². The van der Waals surface area contributed by atoms with Gasteiger partial charge in [-0.1, -0.05) is 19.1 Å². The Balaban J connectivity index is 2.35. The van der Waals surface area contributed by atoms with Gasteiger partial charge in [-0.05, 0) is 30.7 Å². The molecule has 0 unspecified atom stereocenters. The molecular weight excluding hydrogens is 273 g/mol. The van der Waals surface area contributed by atoms with Crippen LogP contribution in [-0.4, -0.2) is 25.7 Å². The fourth-order valence-corrected chi connectivity index (χ4v) is 2.19. The number of benzene rings is 1. The van der Waals surface area contributed by atoms with Crippen molar-refractivity contribution >= 4 is 11.6 Å². The molecule has 3 aromatic rings. The highest BCUT2D eigenvalue weighted by molar-refractivity contribution is 5.94. The summed E-state index contributed by atoms with van der Waals surface area (Å²) >= 11 is 0. The third-order valence-electron chi connectivity index (χ3n) is 3.23. The van der Waals surface area contributed by atoms with Gasteiger partial charge in [0.15, 0.2) is 11.3 Å². The molecule has 0 saturated carbocycles. The van der Waals surface area contributed by atoms with E-state index in [1.807, 2.05) is 6.92 Å². The summed E-state index contributed by atoms with van der Waals surface area (Å²) in [6, 6.07) is 9.42. The van der Waals surface area contributed by atoms with Crippen LogP contribution in [0.25, 0.3) is 16.9 Å². The number of carboxylic acid groups (broad SMARTS) is 1. The van der Waals surface area contributed by atoms with E-state index >= 15 is 0 Å². The number of aryl methyl sites for hydroxylation is 1. The zero-order valence-corrected chi connectivity index (χ0v) is 11.2. The van der Waals surface area contributed by atoms with E-state index in [0.717, 1.165) is 5.69 Å². The fraction of sp³-hybridized carbons (Fsp3) is 0.133. The molecule has 1 aromatic carbocycles. The molecule has 6 heteroatoms. The third kappa shape index (κ3) is 2.14. The molecule has 0 radical (unpaired) electrons. The number of carboxylic acids is 1. The Morgan fingerprint density at radius 2 is 2.05 bits per heavy atom. The molecule has 0 atom stereocenters. The zero-order valence-electron chi connectivity index (χ0n) is 11.2. The minimum absolute atomic E-state index is 0.0846. The second-order valence-corrected chi connectivity index (χ2v) is 4.54. The molecule has 2 heterocycles. The van der Waals surface area contributed by atoms with E-state index in [1.165, 1.54) is 16.6 Å². The van der Waals surface area contributed by atoms with Crippen molar-refractivity contribution in [2.24, 2.45) is 0 Å². The Kier molecular flexibility index (Phi) is 3.13. The maximum absolute atomic E-state index is 13.9. The first-order chi connectivity index (χ1) is 10.1. The van der Waals surface area contributed by atoms with Gasteiger partial charge in [0.1, 0.15) is 11.5 Å². The molecule has 21 heavy (non-hydrogen) atoms. The van der Waals surface area contributed by atoms with Crippen LogP contribution in [0.3, 0.4) is 0 Å². The van der Waals surface area contributed by atoms with Gasteiger partial charge in [-0.15, -0.1) is 0 Å². The summed E-state index contributed by atoms with van der Waals surface area (Å²) in [7, 11) is 0. The van der Waals surface area contributed by atoms with Crippen LogP contribution in [0.2, 0.25) is 0 Å². The van der Waals surface area contributed by atoms with E-state index in [4.69, 9.17) is 0 Å². The van der Waals surface area contributed by atoms with E-state index in [2.05, 4.69) is 10.1 Å². The van der Waals surface area contributed by atoms with E-state index in [9.17, 15) is 14.3 Å². The average molecular weight is 285 g/mol. The van der Waals surface area contributed by atoms with Crippen molar-refractivity contribution in [3.05, 3.63) is 53.6 Å². The summed E-state index contributed by atoms with van der Waals surface area (Å²) in [6.07, 6.45) is 0.669. The maximum atomic E-state index is 13.9. The van der Waals surface area contributed by atoms with Crippen LogP contribution in [0.5, 0.6) is 0 Å². The predicted molar refractivity (Wildman–Crippen MR) is 74.7 cm³/mol.